The second-order valence-electron chi connectivity index (χ2n) is 7.95. The van der Waals surface area contributed by atoms with E-state index in [-0.39, 0.29) is 36.7 Å². The van der Waals surface area contributed by atoms with Crippen molar-refractivity contribution in [2.75, 3.05) is 13.2 Å². The Balaban J connectivity index is 2.15. The maximum absolute atomic E-state index is 13.3. The summed E-state index contributed by atoms with van der Waals surface area (Å²) in [6.07, 6.45) is 1.84. The molecule has 1 unspecified atom stereocenters. The van der Waals surface area contributed by atoms with Crippen LogP contribution in [0.3, 0.4) is 0 Å². The van der Waals surface area contributed by atoms with Crippen LogP contribution in [-0.2, 0) is 16.1 Å². The van der Waals surface area contributed by atoms with E-state index in [4.69, 9.17) is 4.74 Å². The second-order valence-corrected chi connectivity index (χ2v) is 7.95. The van der Waals surface area contributed by atoms with Crippen LogP contribution in [0.15, 0.2) is 48.5 Å². The van der Waals surface area contributed by atoms with Crippen molar-refractivity contribution in [2.45, 2.75) is 59.0 Å². The molecule has 2 aromatic rings. The molecule has 0 aromatic heterocycles. The van der Waals surface area contributed by atoms with Crippen molar-refractivity contribution in [3.05, 3.63) is 65.5 Å². The second kappa shape index (κ2) is 12.1. The van der Waals surface area contributed by atoms with Crippen molar-refractivity contribution >= 4 is 11.8 Å². The van der Waals surface area contributed by atoms with Crippen LogP contribution in [-0.4, -0.2) is 35.9 Å². The molecule has 0 spiro atoms. The predicted molar refractivity (Wildman–Crippen MR) is 120 cm³/mol. The number of nitrogens with one attached hydrogen (secondary N) is 1. The molecule has 1 N–H and O–H groups in total. The van der Waals surface area contributed by atoms with E-state index in [0.717, 1.165) is 24.0 Å². The number of ether oxygens (including phenoxy) is 1. The van der Waals surface area contributed by atoms with Crippen LogP contribution in [0.25, 0.3) is 0 Å². The Morgan fingerprint density at radius 1 is 1.06 bits per heavy atom. The van der Waals surface area contributed by atoms with Gasteiger partial charge in [0.25, 0.3) is 5.91 Å². The molecule has 5 nitrogen and oxygen atoms in total. The lowest BCUT2D eigenvalue weighted by molar-refractivity contribution is -0.142. The first-order valence-electron chi connectivity index (χ1n) is 10.9. The average Bonchev–Trinajstić information content (AvgIpc) is 2.76. The molecular formula is C25H33FN2O3. The molecule has 0 radical (unpaired) electrons. The first-order valence-corrected chi connectivity index (χ1v) is 10.9. The minimum absolute atomic E-state index is 0.183. The van der Waals surface area contributed by atoms with Gasteiger partial charge in [-0.15, -0.1) is 0 Å². The van der Waals surface area contributed by atoms with Gasteiger partial charge in [-0.3, -0.25) is 9.59 Å². The Morgan fingerprint density at radius 3 is 2.39 bits per heavy atom. The summed E-state index contributed by atoms with van der Waals surface area (Å²) in [7, 11) is 0. The Labute approximate surface area is 184 Å². The summed E-state index contributed by atoms with van der Waals surface area (Å²) in [4.78, 5) is 27.2. The minimum Gasteiger partial charge on any atom is -0.483 e. The van der Waals surface area contributed by atoms with Gasteiger partial charge in [-0.1, -0.05) is 57.5 Å². The lowest BCUT2D eigenvalue weighted by Crippen LogP contribution is -2.49. The zero-order valence-electron chi connectivity index (χ0n) is 18.9. The van der Waals surface area contributed by atoms with Gasteiger partial charge < -0.3 is 15.0 Å². The van der Waals surface area contributed by atoms with E-state index in [1.807, 2.05) is 31.2 Å². The van der Waals surface area contributed by atoms with Crippen LogP contribution in [0.1, 0.15) is 57.6 Å². The van der Waals surface area contributed by atoms with E-state index < -0.39 is 6.04 Å². The summed E-state index contributed by atoms with van der Waals surface area (Å²) < 4.78 is 19.1. The monoisotopic (exact) mass is 428 g/mol. The third-order valence-corrected chi connectivity index (χ3v) is 5.16. The molecular weight excluding hydrogens is 395 g/mol. The molecule has 2 rings (SSSR count). The van der Waals surface area contributed by atoms with Gasteiger partial charge in [-0.05, 0) is 48.6 Å². The third-order valence-electron chi connectivity index (χ3n) is 5.16. The van der Waals surface area contributed by atoms with Crippen molar-refractivity contribution < 1.29 is 18.7 Å². The maximum Gasteiger partial charge on any atom is 0.261 e. The fourth-order valence-corrected chi connectivity index (χ4v) is 3.22. The molecule has 0 heterocycles. The molecule has 168 valence electrons. The van der Waals surface area contributed by atoms with Gasteiger partial charge in [0, 0.05) is 13.1 Å². The molecule has 1 atom stereocenters. The highest BCUT2D eigenvalue weighted by atomic mass is 19.1. The van der Waals surface area contributed by atoms with Gasteiger partial charge in [0.1, 0.15) is 17.6 Å². The van der Waals surface area contributed by atoms with Crippen molar-refractivity contribution in [1.82, 2.24) is 10.2 Å². The molecule has 0 aliphatic carbocycles. The Hall–Kier alpha value is -2.89. The number of hydrogen-bond donors (Lipinski definition) is 1. The highest BCUT2D eigenvalue weighted by Crippen LogP contribution is 2.26. The zero-order valence-corrected chi connectivity index (χ0v) is 18.9. The van der Waals surface area contributed by atoms with Crippen LogP contribution in [0.4, 0.5) is 4.39 Å². The number of carbonyl (C=O) groups is 2. The molecule has 0 bridgehead atoms. The average molecular weight is 429 g/mol. The van der Waals surface area contributed by atoms with Gasteiger partial charge in [0.05, 0.1) is 0 Å². The fourth-order valence-electron chi connectivity index (χ4n) is 3.22. The van der Waals surface area contributed by atoms with Gasteiger partial charge in [-0.25, -0.2) is 4.39 Å². The highest BCUT2D eigenvalue weighted by Gasteiger charge is 2.26. The first-order chi connectivity index (χ1) is 14.8. The SMILES string of the molecule is CCCCNC(=O)C(C)N(Cc1ccc(F)cc1)C(=O)COc1ccccc1C(C)C. The Bertz CT molecular complexity index is 852. The normalized spacial score (nSPS) is 11.8. The molecule has 0 aliphatic heterocycles. The Morgan fingerprint density at radius 2 is 1.74 bits per heavy atom. The number of para-hydroxylation sites is 1. The summed E-state index contributed by atoms with van der Waals surface area (Å²) in [5.74, 6) is 0.0469. The summed E-state index contributed by atoms with van der Waals surface area (Å²) >= 11 is 0. The van der Waals surface area contributed by atoms with E-state index in [2.05, 4.69) is 19.2 Å². The summed E-state index contributed by atoms with van der Waals surface area (Å²) in [6.45, 7) is 8.45. The van der Waals surface area contributed by atoms with Crippen molar-refractivity contribution in [1.29, 1.82) is 0 Å². The minimum atomic E-state index is -0.682. The zero-order chi connectivity index (χ0) is 22.8. The number of rotatable bonds is 11. The van der Waals surface area contributed by atoms with Gasteiger partial charge in [-0.2, -0.15) is 0 Å². The number of amides is 2. The summed E-state index contributed by atoms with van der Waals surface area (Å²) in [5, 5.41) is 2.88. The number of unbranched alkanes of at least 4 members (excludes halogenated alkanes) is 1. The van der Waals surface area contributed by atoms with Crippen LogP contribution in [0.5, 0.6) is 5.75 Å². The van der Waals surface area contributed by atoms with Crippen LogP contribution in [0, 0.1) is 5.82 Å². The lowest BCUT2D eigenvalue weighted by atomic mass is 10.0. The standard InChI is InChI=1S/C25H33FN2O3/c1-5-6-15-27-25(30)19(4)28(16-20-11-13-21(26)14-12-20)24(29)17-31-23-10-8-7-9-22(23)18(2)3/h7-14,18-19H,5-6,15-17H2,1-4H3,(H,27,30). The van der Waals surface area contributed by atoms with Gasteiger partial charge in [0.2, 0.25) is 5.91 Å². The van der Waals surface area contributed by atoms with Gasteiger partial charge >= 0.3 is 0 Å². The molecule has 2 aromatic carbocycles. The van der Waals surface area contributed by atoms with Crippen LogP contribution >= 0.6 is 0 Å². The molecule has 0 saturated heterocycles. The highest BCUT2D eigenvalue weighted by molar-refractivity contribution is 5.87. The largest absolute Gasteiger partial charge is 0.483 e. The van der Waals surface area contributed by atoms with Crippen LogP contribution < -0.4 is 10.1 Å². The molecule has 31 heavy (non-hydrogen) atoms. The summed E-state index contributed by atoms with van der Waals surface area (Å²) in [5.41, 5.74) is 1.76. The van der Waals surface area contributed by atoms with Crippen molar-refractivity contribution in [3.63, 3.8) is 0 Å². The Kier molecular flexibility index (Phi) is 9.50. The smallest absolute Gasteiger partial charge is 0.261 e. The van der Waals surface area contributed by atoms with Crippen molar-refractivity contribution in [3.8, 4) is 5.75 Å². The first kappa shape index (κ1) is 24.4. The summed E-state index contributed by atoms with van der Waals surface area (Å²) in [6, 6.07) is 12.9. The maximum atomic E-state index is 13.3. The molecule has 0 fully saturated rings. The quantitative estimate of drug-likeness (QED) is 0.530. The molecule has 0 saturated carbocycles. The fraction of sp³-hybridized carbons (Fsp3) is 0.440. The topological polar surface area (TPSA) is 58.6 Å². The van der Waals surface area contributed by atoms with Crippen LogP contribution in [0.2, 0.25) is 0 Å². The van der Waals surface area contributed by atoms with Gasteiger partial charge in [0.15, 0.2) is 6.61 Å². The molecule has 0 aliphatic rings. The third kappa shape index (κ3) is 7.39. The van der Waals surface area contributed by atoms with E-state index in [1.165, 1.54) is 17.0 Å². The number of nitrogens with zero attached hydrogens (tertiary/aromatic N) is 1. The number of carbonyl (C=O) groups excluding carboxylic acids is 2. The van der Waals surface area contributed by atoms with Crippen molar-refractivity contribution in [2.24, 2.45) is 0 Å². The predicted octanol–water partition coefficient (Wildman–Crippen LogP) is 4.66. The van der Waals surface area contributed by atoms with E-state index in [9.17, 15) is 14.0 Å². The molecule has 2 amide bonds. The molecule has 6 heteroatoms. The number of halogens is 1. The van der Waals surface area contributed by atoms with E-state index in [0.29, 0.717) is 12.3 Å². The number of benzene rings is 2. The lowest BCUT2D eigenvalue weighted by Gasteiger charge is -2.29. The number of hydrogen-bond acceptors (Lipinski definition) is 3. The van der Waals surface area contributed by atoms with E-state index in [1.54, 1.807) is 19.1 Å². The van der Waals surface area contributed by atoms with E-state index >= 15 is 0 Å².